The number of nitrogens with two attached hydrogens (primary N) is 1. The average molecular weight is 874 g/mol. The fourth-order valence-corrected chi connectivity index (χ4v) is 10.6. The maximum atomic E-state index is 16.2. The third-order valence-corrected chi connectivity index (χ3v) is 14.0. The van der Waals surface area contributed by atoms with Gasteiger partial charge in [0.25, 0.3) is 12.3 Å². The first-order valence-corrected chi connectivity index (χ1v) is 21.4. The summed E-state index contributed by atoms with van der Waals surface area (Å²) in [7, 11) is -2.21. The summed E-state index contributed by atoms with van der Waals surface area (Å²) in [5.41, 5.74) is 3.72. The number of pyridine rings is 1. The van der Waals surface area contributed by atoms with Crippen LogP contribution >= 0.6 is 11.3 Å². The fraction of sp³-hybridized carbons (Fsp3) is 0.410. The highest BCUT2D eigenvalue weighted by atomic mass is 32.2. The van der Waals surface area contributed by atoms with Gasteiger partial charge in [0, 0.05) is 53.6 Å². The molecule has 3 aliphatic carbocycles. The number of hydrogen-bond donors (Lipinski definition) is 4. The molecule has 0 saturated heterocycles. The smallest absolute Gasteiger partial charge is 0.293 e. The van der Waals surface area contributed by atoms with Crippen molar-refractivity contribution < 1.29 is 44.7 Å². The number of nitrogens with zero attached hydrogens (tertiary/aromatic N) is 6. The van der Waals surface area contributed by atoms with Crippen molar-refractivity contribution >= 4 is 59.5 Å². The topological polar surface area (TPSA) is 183 Å². The van der Waals surface area contributed by atoms with Gasteiger partial charge in [0.05, 0.1) is 26.8 Å². The average Bonchev–Trinajstić information content (AvgIpc) is 4.04. The molecule has 13 nitrogen and oxygen atoms in total. The van der Waals surface area contributed by atoms with Crippen LogP contribution in [0.3, 0.4) is 0 Å². The van der Waals surface area contributed by atoms with E-state index < -0.39 is 92.4 Å². The molecule has 1 unspecified atom stereocenters. The molecule has 0 radical (unpaired) electrons. The second kappa shape index (κ2) is 13.9. The lowest BCUT2D eigenvalue weighted by molar-refractivity contribution is -0.122. The van der Waals surface area contributed by atoms with Crippen LogP contribution in [-0.2, 0) is 34.2 Å². The number of rotatable bonds is 14. The molecule has 2 saturated carbocycles. The Morgan fingerprint density at radius 2 is 1.78 bits per heavy atom. The maximum absolute atomic E-state index is 16.2. The first kappa shape index (κ1) is 40.1. The Morgan fingerprint density at radius 3 is 2.43 bits per heavy atom. The van der Waals surface area contributed by atoms with Crippen LogP contribution in [0.4, 0.5) is 37.3 Å². The van der Waals surface area contributed by atoms with Gasteiger partial charge in [-0.15, -0.1) is 0 Å². The number of aromatic nitrogens is 6. The largest absolute Gasteiger partial charge is 0.389 e. The third kappa shape index (κ3) is 6.92. The molecule has 2 aromatic carbocycles. The number of amides is 1. The zero-order valence-corrected chi connectivity index (χ0v) is 33.7. The van der Waals surface area contributed by atoms with Crippen LogP contribution in [-0.4, -0.2) is 66.4 Å². The number of halogens is 6. The summed E-state index contributed by atoms with van der Waals surface area (Å²) in [5.74, 6) is -10.6. The Balaban J connectivity index is 1.31. The standard InChI is InChI=1S/C39H37F6N9O4S2/c1-38(2,56)15-47-37-49-36-26(59-37)14-22(20-5-4-6-21-30(20)53(3)51-35(21)52-60(57,58)19-7-8-19)28(48-36)24(11-16-9-17(40)12-18(41)10-16)31(34(46)55)54-32-27(29(50-54)33(42)43)23-13-25(23)39(32,44)45/h4-6,9-10,12,14,19,23-25,31,33,56H,7-8,11,13,15H2,1-3H3,(H2,46,55)(H,51,52)(H,47,48,49)/t23-,24+,25+,31?/m0/s1. The van der Waals surface area contributed by atoms with Crippen LogP contribution in [0.25, 0.3) is 32.4 Å². The second-order valence-electron chi connectivity index (χ2n) is 16.3. The fourth-order valence-electron chi connectivity index (χ4n) is 8.41. The number of aryl methyl sites for hydroxylation is 1. The number of aliphatic hydroxyl groups is 1. The van der Waals surface area contributed by atoms with E-state index in [0.29, 0.717) is 49.9 Å². The van der Waals surface area contributed by atoms with E-state index in [9.17, 15) is 35.9 Å². The van der Waals surface area contributed by atoms with Gasteiger partial charge in [-0.25, -0.2) is 40.6 Å². The minimum absolute atomic E-state index is 0.0296. The number of alkyl halides is 4. The molecule has 3 aliphatic rings. The van der Waals surface area contributed by atoms with Crippen molar-refractivity contribution in [3.05, 3.63) is 82.3 Å². The molecule has 6 aromatic rings. The number of nitrogens with one attached hydrogen (secondary N) is 2. The van der Waals surface area contributed by atoms with E-state index >= 15 is 8.78 Å². The Bertz CT molecular complexity index is 2830. The summed E-state index contributed by atoms with van der Waals surface area (Å²) in [5, 5.41) is 22.0. The lowest BCUT2D eigenvalue weighted by atomic mass is 9.84. The van der Waals surface area contributed by atoms with Gasteiger partial charge in [0.1, 0.15) is 29.1 Å². The minimum atomic E-state index is -3.78. The summed E-state index contributed by atoms with van der Waals surface area (Å²) in [6.45, 7) is 3.24. The lowest BCUT2D eigenvalue weighted by Gasteiger charge is -2.29. The van der Waals surface area contributed by atoms with Gasteiger partial charge in [-0.1, -0.05) is 23.5 Å². The Morgan fingerprint density at radius 1 is 1.07 bits per heavy atom. The number of sulfonamides is 1. The summed E-state index contributed by atoms with van der Waals surface area (Å²) >= 11 is 1.15. The van der Waals surface area contributed by atoms with Crippen molar-refractivity contribution in [3.8, 4) is 11.1 Å². The number of para-hydroxylation sites is 1. The highest BCUT2D eigenvalue weighted by molar-refractivity contribution is 7.93. The molecule has 21 heteroatoms. The van der Waals surface area contributed by atoms with E-state index in [2.05, 4.69) is 25.2 Å². The van der Waals surface area contributed by atoms with Crippen LogP contribution in [0.2, 0.25) is 0 Å². The molecule has 4 heterocycles. The van der Waals surface area contributed by atoms with E-state index in [0.717, 1.165) is 23.5 Å². The number of fused-ring (bicyclic) bond motifs is 5. The monoisotopic (exact) mass is 873 g/mol. The molecule has 1 amide bonds. The molecule has 0 bridgehead atoms. The summed E-state index contributed by atoms with van der Waals surface area (Å²) < 4.78 is 122. The van der Waals surface area contributed by atoms with Gasteiger partial charge in [0.15, 0.2) is 16.6 Å². The molecule has 4 aromatic heterocycles. The number of carbonyl (C=O) groups is 1. The van der Waals surface area contributed by atoms with Crippen molar-refractivity contribution in [1.82, 2.24) is 29.5 Å². The predicted molar refractivity (Wildman–Crippen MR) is 210 cm³/mol. The van der Waals surface area contributed by atoms with E-state index in [1.54, 1.807) is 45.2 Å². The molecule has 2 fully saturated rings. The molecular formula is C39H37F6N9O4S2. The predicted octanol–water partition coefficient (Wildman–Crippen LogP) is 7.01. The first-order chi connectivity index (χ1) is 28.2. The van der Waals surface area contributed by atoms with Crippen molar-refractivity contribution in [2.45, 2.75) is 80.6 Å². The maximum Gasteiger partial charge on any atom is 0.293 e. The molecule has 0 aliphatic heterocycles. The minimum Gasteiger partial charge on any atom is -0.389 e. The van der Waals surface area contributed by atoms with Gasteiger partial charge < -0.3 is 16.2 Å². The van der Waals surface area contributed by atoms with Crippen LogP contribution in [0.1, 0.15) is 85.6 Å². The van der Waals surface area contributed by atoms with Crippen molar-refractivity contribution in [2.24, 2.45) is 18.7 Å². The number of carbonyl (C=O) groups excluding carboxylic acids is 1. The normalized spacial score (nSPS) is 19.4. The van der Waals surface area contributed by atoms with Gasteiger partial charge in [-0.05, 0) is 75.3 Å². The van der Waals surface area contributed by atoms with E-state index in [1.807, 2.05) is 0 Å². The van der Waals surface area contributed by atoms with Crippen LogP contribution < -0.4 is 15.8 Å². The van der Waals surface area contributed by atoms with Crippen LogP contribution in [0.15, 0.2) is 42.5 Å². The van der Waals surface area contributed by atoms with Crippen LogP contribution in [0, 0.1) is 17.6 Å². The first-order valence-electron chi connectivity index (χ1n) is 19.0. The quantitative estimate of drug-likeness (QED) is 0.0838. The molecule has 0 spiro atoms. The molecule has 5 N–H and O–H groups in total. The Labute approximate surface area is 342 Å². The Hall–Kier alpha value is -5.28. The van der Waals surface area contributed by atoms with Crippen LogP contribution in [0.5, 0.6) is 0 Å². The number of primary amides is 1. The molecule has 60 heavy (non-hydrogen) atoms. The molecule has 4 atom stereocenters. The summed E-state index contributed by atoms with van der Waals surface area (Å²) in [6, 6.07) is 7.17. The highest BCUT2D eigenvalue weighted by Gasteiger charge is 2.67. The van der Waals surface area contributed by atoms with E-state index in [4.69, 9.17) is 10.7 Å². The van der Waals surface area contributed by atoms with Gasteiger partial charge in [-0.2, -0.15) is 19.0 Å². The van der Waals surface area contributed by atoms with E-state index in [1.165, 1.54) is 4.68 Å². The number of anilines is 2. The number of hydrogen-bond acceptors (Lipinski definition) is 10. The van der Waals surface area contributed by atoms with Gasteiger partial charge in [-0.3, -0.25) is 14.2 Å². The van der Waals surface area contributed by atoms with Gasteiger partial charge >= 0.3 is 0 Å². The third-order valence-electron chi connectivity index (χ3n) is 11.2. The van der Waals surface area contributed by atoms with Crippen molar-refractivity contribution in [2.75, 3.05) is 16.6 Å². The number of benzene rings is 2. The number of thiazole rings is 1. The molecular weight excluding hydrogens is 837 g/mol. The zero-order valence-electron chi connectivity index (χ0n) is 32.1. The van der Waals surface area contributed by atoms with Crippen molar-refractivity contribution in [1.29, 1.82) is 0 Å². The second-order valence-corrected chi connectivity index (χ2v) is 19.3. The van der Waals surface area contributed by atoms with Crippen molar-refractivity contribution in [3.63, 3.8) is 0 Å². The summed E-state index contributed by atoms with van der Waals surface area (Å²) in [6.07, 6.45) is -2.85. The molecule has 9 rings (SSSR count). The summed E-state index contributed by atoms with van der Waals surface area (Å²) in [4.78, 5) is 23.4. The zero-order chi connectivity index (χ0) is 42.8. The van der Waals surface area contributed by atoms with E-state index in [-0.39, 0.29) is 46.8 Å². The lowest BCUT2D eigenvalue weighted by Crippen LogP contribution is -2.37. The Kier molecular flexibility index (Phi) is 9.29. The SMILES string of the molecule is Cn1nc(NS(=O)(=O)C2CC2)c2cccc(-c3cc4sc(NCC(C)(C)O)nc4nc3[C@@H](Cc3cc(F)cc(F)c3)C(C(N)=O)n3nc(C(F)F)c4c3C(F)(F)[C@@H]3C[C@H]43)c21. The molecule has 316 valence electrons. The van der Waals surface area contributed by atoms with Gasteiger partial charge in [0.2, 0.25) is 15.9 Å². The highest BCUT2D eigenvalue weighted by Crippen LogP contribution is 2.68.